The zero-order valence-corrected chi connectivity index (χ0v) is 14.5. The lowest BCUT2D eigenvalue weighted by atomic mass is 9.95. The highest BCUT2D eigenvalue weighted by Gasteiger charge is 2.42. The number of aryl methyl sites for hydroxylation is 1. The van der Waals surface area contributed by atoms with Gasteiger partial charge in [0.25, 0.3) is 0 Å². The third-order valence-electron chi connectivity index (χ3n) is 5.06. The number of amides is 2. The van der Waals surface area contributed by atoms with Gasteiger partial charge in [0, 0.05) is 30.3 Å². The van der Waals surface area contributed by atoms with Gasteiger partial charge in [-0.25, -0.2) is 8.78 Å². The predicted molar refractivity (Wildman–Crippen MR) is 94.8 cm³/mol. The second-order valence-corrected chi connectivity index (χ2v) is 6.62. The zero-order chi connectivity index (χ0) is 19.3. The maximum Gasteiger partial charge on any atom is 0.244 e. The van der Waals surface area contributed by atoms with Crippen molar-refractivity contribution >= 4 is 29.0 Å². The number of hydrogen-bond donors (Lipinski definition) is 1. The van der Waals surface area contributed by atoms with Crippen molar-refractivity contribution in [3.05, 3.63) is 58.7 Å². The predicted octanol–water partition coefficient (Wildman–Crippen LogP) is 3.18. The van der Waals surface area contributed by atoms with E-state index in [0.29, 0.717) is 42.3 Å². The first-order chi connectivity index (χ1) is 12.9. The molecule has 1 heterocycles. The molecule has 2 amide bonds. The first-order valence-electron chi connectivity index (χ1n) is 8.68. The number of rotatable bonds is 3. The second-order valence-electron chi connectivity index (χ2n) is 6.62. The Morgan fingerprint density at radius 3 is 2.67 bits per heavy atom. The Kier molecular flexibility index (Phi) is 4.02. The molecule has 0 bridgehead atoms. The highest BCUT2D eigenvalue weighted by Crippen LogP contribution is 2.41. The van der Waals surface area contributed by atoms with Gasteiger partial charge < -0.3 is 10.2 Å². The summed E-state index contributed by atoms with van der Waals surface area (Å²) in [4.78, 5) is 39.0. The first-order valence-corrected chi connectivity index (χ1v) is 8.68. The summed E-state index contributed by atoms with van der Waals surface area (Å²) < 4.78 is 26.9. The maximum atomic E-state index is 13.9. The standard InChI is InChI=1S/C20H16F2N2O3/c1-2-24-16-9-12-10(3-6-17(12)25)7-13(16)18(20(24)27)19(26)23-15-5-4-11(21)8-14(15)22/h4-5,7-9,18H,2-3,6H2,1H3,(H,23,26). The first kappa shape index (κ1) is 17.3. The molecule has 2 aromatic carbocycles. The number of fused-ring (bicyclic) bond motifs is 2. The number of hydrogen-bond acceptors (Lipinski definition) is 3. The van der Waals surface area contributed by atoms with Gasteiger partial charge in [-0.15, -0.1) is 0 Å². The Balaban J connectivity index is 1.72. The summed E-state index contributed by atoms with van der Waals surface area (Å²) in [5, 5.41) is 2.38. The van der Waals surface area contributed by atoms with Crippen molar-refractivity contribution in [2.45, 2.75) is 25.7 Å². The Hall–Kier alpha value is -3.09. The minimum Gasteiger partial charge on any atom is -0.323 e. The average Bonchev–Trinajstić information content (AvgIpc) is 3.12. The third kappa shape index (κ3) is 2.70. The van der Waals surface area contributed by atoms with E-state index in [1.54, 1.807) is 19.1 Å². The summed E-state index contributed by atoms with van der Waals surface area (Å²) in [7, 11) is 0. The number of carbonyl (C=O) groups excluding carboxylic acids is 3. The molecule has 0 radical (unpaired) electrons. The SMILES string of the molecule is CCN1C(=O)C(C(=O)Nc2ccc(F)cc2F)c2cc3c(cc21)C(=O)CC3. The van der Waals surface area contributed by atoms with Gasteiger partial charge in [0.05, 0.1) is 5.69 Å². The lowest BCUT2D eigenvalue weighted by Crippen LogP contribution is -2.33. The normalized spacial score (nSPS) is 17.9. The van der Waals surface area contributed by atoms with Crippen molar-refractivity contribution in [2.75, 3.05) is 16.8 Å². The molecule has 1 aliphatic carbocycles. The van der Waals surface area contributed by atoms with E-state index in [1.807, 2.05) is 0 Å². The lowest BCUT2D eigenvalue weighted by Gasteiger charge is -2.15. The zero-order valence-electron chi connectivity index (χ0n) is 14.5. The molecule has 4 rings (SSSR count). The van der Waals surface area contributed by atoms with E-state index >= 15 is 0 Å². The minimum absolute atomic E-state index is 0.0255. The fraction of sp³-hybridized carbons (Fsp3) is 0.250. The van der Waals surface area contributed by atoms with Gasteiger partial charge in [-0.2, -0.15) is 0 Å². The summed E-state index contributed by atoms with van der Waals surface area (Å²) in [6.45, 7) is 2.12. The summed E-state index contributed by atoms with van der Waals surface area (Å²) in [6.07, 6.45) is 0.985. The molecule has 0 aromatic heterocycles. The minimum atomic E-state index is -1.13. The number of carbonyl (C=O) groups is 3. The molecular formula is C20H16F2N2O3. The molecule has 7 heteroatoms. The van der Waals surface area contributed by atoms with Crippen LogP contribution in [0.3, 0.4) is 0 Å². The average molecular weight is 370 g/mol. The van der Waals surface area contributed by atoms with E-state index in [4.69, 9.17) is 0 Å². The van der Waals surface area contributed by atoms with Crippen molar-refractivity contribution in [3.63, 3.8) is 0 Å². The van der Waals surface area contributed by atoms with Crippen LogP contribution in [-0.2, 0) is 16.0 Å². The van der Waals surface area contributed by atoms with Gasteiger partial charge in [0.1, 0.15) is 17.6 Å². The fourth-order valence-corrected chi connectivity index (χ4v) is 3.75. The van der Waals surface area contributed by atoms with Gasteiger partial charge in [0.15, 0.2) is 5.78 Å². The Bertz CT molecular complexity index is 1000. The number of halogens is 2. The largest absolute Gasteiger partial charge is 0.323 e. The molecule has 0 fully saturated rings. The van der Waals surface area contributed by atoms with Crippen molar-refractivity contribution in [2.24, 2.45) is 0 Å². The fourth-order valence-electron chi connectivity index (χ4n) is 3.75. The smallest absolute Gasteiger partial charge is 0.244 e. The molecule has 1 N–H and O–H groups in total. The molecule has 1 unspecified atom stereocenters. The third-order valence-corrected chi connectivity index (χ3v) is 5.06. The van der Waals surface area contributed by atoms with E-state index in [-0.39, 0.29) is 11.5 Å². The Morgan fingerprint density at radius 1 is 1.19 bits per heavy atom. The van der Waals surface area contributed by atoms with Crippen molar-refractivity contribution in [1.82, 2.24) is 0 Å². The quantitative estimate of drug-likeness (QED) is 0.844. The number of Topliss-reactive ketones (excluding diaryl/α,β-unsaturated/α-hetero) is 1. The maximum absolute atomic E-state index is 13.9. The molecule has 2 aliphatic rings. The van der Waals surface area contributed by atoms with Gasteiger partial charge >= 0.3 is 0 Å². The molecule has 0 saturated carbocycles. The van der Waals surface area contributed by atoms with Crippen LogP contribution in [0.4, 0.5) is 20.2 Å². The van der Waals surface area contributed by atoms with E-state index in [1.165, 1.54) is 4.90 Å². The highest BCUT2D eigenvalue weighted by atomic mass is 19.1. The van der Waals surface area contributed by atoms with Gasteiger partial charge in [-0.3, -0.25) is 14.4 Å². The van der Waals surface area contributed by atoms with Crippen LogP contribution >= 0.6 is 0 Å². The number of ketones is 1. The van der Waals surface area contributed by atoms with Crippen LogP contribution in [0.15, 0.2) is 30.3 Å². The van der Waals surface area contributed by atoms with Gasteiger partial charge in [-0.1, -0.05) is 6.07 Å². The lowest BCUT2D eigenvalue weighted by molar-refractivity contribution is -0.126. The number of nitrogens with one attached hydrogen (secondary N) is 1. The van der Waals surface area contributed by atoms with Crippen LogP contribution in [0.2, 0.25) is 0 Å². The monoisotopic (exact) mass is 370 g/mol. The number of likely N-dealkylation sites (N-methyl/N-ethyl adjacent to an activating group) is 1. The van der Waals surface area contributed by atoms with Gasteiger partial charge in [0.2, 0.25) is 11.8 Å². The Morgan fingerprint density at radius 2 is 1.96 bits per heavy atom. The summed E-state index contributed by atoms with van der Waals surface area (Å²) in [5.41, 5.74) is 2.26. The topological polar surface area (TPSA) is 66.5 Å². The van der Waals surface area contributed by atoms with Crippen molar-refractivity contribution < 1.29 is 23.2 Å². The molecule has 0 saturated heterocycles. The molecule has 0 spiro atoms. The van der Waals surface area contributed by atoms with Crippen molar-refractivity contribution in [3.8, 4) is 0 Å². The van der Waals surface area contributed by atoms with E-state index in [2.05, 4.69) is 5.32 Å². The van der Waals surface area contributed by atoms with Crippen LogP contribution in [0.1, 0.15) is 40.7 Å². The number of benzene rings is 2. The Labute approximate surface area is 154 Å². The number of nitrogens with zero attached hydrogens (tertiary/aromatic N) is 1. The second kappa shape index (κ2) is 6.26. The summed E-state index contributed by atoms with van der Waals surface area (Å²) in [5.74, 6) is -3.90. The van der Waals surface area contributed by atoms with Crippen LogP contribution in [0.5, 0.6) is 0 Å². The van der Waals surface area contributed by atoms with Crippen LogP contribution in [0, 0.1) is 11.6 Å². The van der Waals surface area contributed by atoms with Crippen LogP contribution < -0.4 is 10.2 Å². The molecule has 1 atom stereocenters. The summed E-state index contributed by atoms with van der Waals surface area (Å²) in [6, 6.07) is 6.21. The molecular weight excluding hydrogens is 354 g/mol. The van der Waals surface area contributed by atoms with Crippen LogP contribution in [0.25, 0.3) is 0 Å². The van der Waals surface area contributed by atoms with E-state index in [0.717, 1.165) is 17.7 Å². The molecule has 27 heavy (non-hydrogen) atoms. The molecule has 138 valence electrons. The van der Waals surface area contributed by atoms with Crippen LogP contribution in [-0.4, -0.2) is 24.1 Å². The van der Waals surface area contributed by atoms with Crippen molar-refractivity contribution in [1.29, 1.82) is 0 Å². The van der Waals surface area contributed by atoms with E-state index < -0.39 is 29.4 Å². The molecule has 5 nitrogen and oxygen atoms in total. The highest BCUT2D eigenvalue weighted by molar-refractivity contribution is 6.21. The van der Waals surface area contributed by atoms with Gasteiger partial charge in [-0.05, 0) is 42.7 Å². The number of anilines is 2. The summed E-state index contributed by atoms with van der Waals surface area (Å²) >= 11 is 0. The van der Waals surface area contributed by atoms with E-state index in [9.17, 15) is 23.2 Å². The molecule has 2 aromatic rings. The molecule has 1 aliphatic heterocycles.